The van der Waals surface area contributed by atoms with Crippen molar-refractivity contribution in [3.63, 3.8) is 0 Å². The average Bonchev–Trinajstić information content (AvgIpc) is 2.36. The monoisotopic (exact) mass is 245 g/mol. The van der Waals surface area contributed by atoms with Gasteiger partial charge in [0.15, 0.2) is 6.61 Å². The van der Waals surface area contributed by atoms with Crippen molar-refractivity contribution in [1.82, 2.24) is 4.98 Å². The van der Waals surface area contributed by atoms with Gasteiger partial charge in [0.2, 0.25) is 0 Å². The van der Waals surface area contributed by atoms with Crippen LogP contribution in [0.3, 0.4) is 0 Å². The molecule has 0 unspecified atom stereocenters. The number of aryl methyl sites for hydroxylation is 1. The van der Waals surface area contributed by atoms with Gasteiger partial charge in [-0.1, -0.05) is 18.2 Å². The van der Waals surface area contributed by atoms with Crippen molar-refractivity contribution in [2.45, 2.75) is 13.8 Å². The van der Waals surface area contributed by atoms with Gasteiger partial charge in [0, 0.05) is 11.1 Å². The van der Waals surface area contributed by atoms with Gasteiger partial charge in [0.05, 0.1) is 6.61 Å². The SMILES string of the molecule is CCOC(=O)COc1cccc2ccc(C)nc12. The molecule has 0 atom stereocenters. The molecule has 2 rings (SSSR count). The predicted octanol–water partition coefficient (Wildman–Crippen LogP) is 2.49. The van der Waals surface area contributed by atoms with Crippen LogP contribution in [0.15, 0.2) is 30.3 Å². The van der Waals surface area contributed by atoms with E-state index in [4.69, 9.17) is 9.47 Å². The van der Waals surface area contributed by atoms with E-state index in [9.17, 15) is 4.79 Å². The molecule has 0 spiro atoms. The Morgan fingerprint density at radius 2 is 2.11 bits per heavy atom. The summed E-state index contributed by atoms with van der Waals surface area (Å²) in [6.07, 6.45) is 0. The summed E-state index contributed by atoms with van der Waals surface area (Å²) in [5.41, 5.74) is 1.68. The number of carbonyl (C=O) groups excluding carboxylic acids is 1. The van der Waals surface area contributed by atoms with E-state index in [1.54, 1.807) is 13.0 Å². The maximum atomic E-state index is 11.3. The maximum absolute atomic E-state index is 11.3. The van der Waals surface area contributed by atoms with Crippen LogP contribution in [-0.2, 0) is 9.53 Å². The van der Waals surface area contributed by atoms with Crippen molar-refractivity contribution < 1.29 is 14.3 Å². The van der Waals surface area contributed by atoms with Crippen LogP contribution in [-0.4, -0.2) is 24.2 Å². The number of ether oxygens (including phenoxy) is 2. The van der Waals surface area contributed by atoms with Gasteiger partial charge in [0.1, 0.15) is 11.3 Å². The number of benzene rings is 1. The summed E-state index contributed by atoms with van der Waals surface area (Å²) < 4.78 is 10.3. The van der Waals surface area contributed by atoms with Crippen molar-refractivity contribution in [2.24, 2.45) is 0 Å². The fourth-order valence-electron chi connectivity index (χ4n) is 1.67. The van der Waals surface area contributed by atoms with Crippen LogP contribution in [0.4, 0.5) is 0 Å². The van der Waals surface area contributed by atoms with Crippen LogP contribution in [0.1, 0.15) is 12.6 Å². The van der Waals surface area contributed by atoms with Crippen molar-refractivity contribution in [2.75, 3.05) is 13.2 Å². The molecule has 2 aromatic rings. The van der Waals surface area contributed by atoms with Gasteiger partial charge in [-0.25, -0.2) is 9.78 Å². The van der Waals surface area contributed by atoms with Crippen molar-refractivity contribution >= 4 is 16.9 Å². The number of esters is 1. The van der Waals surface area contributed by atoms with Gasteiger partial charge in [-0.2, -0.15) is 0 Å². The highest BCUT2D eigenvalue weighted by Gasteiger charge is 2.07. The second-order valence-corrected chi connectivity index (χ2v) is 3.87. The van der Waals surface area contributed by atoms with Crippen molar-refractivity contribution in [1.29, 1.82) is 0 Å². The van der Waals surface area contributed by atoms with Crippen LogP contribution in [0.5, 0.6) is 5.75 Å². The topological polar surface area (TPSA) is 48.4 Å². The fraction of sp³-hybridized carbons (Fsp3) is 0.286. The molecule has 0 aliphatic rings. The van der Waals surface area contributed by atoms with Crippen LogP contribution in [0.25, 0.3) is 10.9 Å². The van der Waals surface area contributed by atoms with Crippen LogP contribution in [0, 0.1) is 6.92 Å². The van der Waals surface area contributed by atoms with E-state index in [-0.39, 0.29) is 12.6 Å². The summed E-state index contributed by atoms with van der Waals surface area (Å²) in [4.78, 5) is 15.7. The van der Waals surface area contributed by atoms with E-state index in [0.29, 0.717) is 12.4 Å². The standard InChI is InChI=1S/C14H15NO3/c1-3-17-13(16)9-18-12-6-4-5-11-8-7-10(2)15-14(11)12/h4-8H,3,9H2,1-2H3. The number of fused-ring (bicyclic) bond motifs is 1. The third-order valence-electron chi connectivity index (χ3n) is 2.47. The molecule has 1 aromatic carbocycles. The fourth-order valence-corrected chi connectivity index (χ4v) is 1.67. The Hall–Kier alpha value is -2.10. The lowest BCUT2D eigenvalue weighted by Gasteiger charge is -2.08. The zero-order valence-corrected chi connectivity index (χ0v) is 10.5. The first-order valence-corrected chi connectivity index (χ1v) is 5.85. The average molecular weight is 245 g/mol. The normalized spacial score (nSPS) is 10.3. The minimum Gasteiger partial charge on any atom is -0.480 e. The number of hydrogen-bond donors (Lipinski definition) is 0. The molecule has 0 aliphatic heterocycles. The Bertz CT molecular complexity index is 566. The number of carbonyl (C=O) groups is 1. The molecule has 0 aliphatic carbocycles. The van der Waals surface area contributed by atoms with Crippen LogP contribution >= 0.6 is 0 Å². The Morgan fingerprint density at radius 1 is 1.28 bits per heavy atom. The van der Waals surface area contributed by atoms with E-state index >= 15 is 0 Å². The quantitative estimate of drug-likeness (QED) is 0.776. The maximum Gasteiger partial charge on any atom is 0.344 e. The molecule has 0 fully saturated rings. The summed E-state index contributed by atoms with van der Waals surface area (Å²) in [6.45, 7) is 3.94. The Kier molecular flexibility index (Phi) is 3.77. The third kappa shape index (κ3) is 2.77. The molecule has 0 saturated carbocycles. The van der Waals surface area contributed by atoms with E-state index in [2.05, 4.69) is 4.98 Å². The lowest BCUT2D eigenvalue weighted by atomic mass is 10.2. The minimum atomic E-state index is -0.373. The van der Waals surface area contributed by atoms with E-state index in [1.165, 1.54) is 0 Å². The summed E-state index contributed by atoms with van der Waals surface area (Å²) in [5.74, 6) is 0.228. The van der Waals surface area contributed by atoms with E-state index in [1.807, 2.05) is 31.2 Å². The summed E-state index contributed by atoms with van der Waals surface area (Å²) in [7, 11) is 0. The first-order chi connectivity index (χ1) is 8.70. The summed E-state index contributed by atoms with van der Waals surface area (Å²) in [5, 5.41) is 0.988. The van der Waals surface area contributed by atoms with Gasteiger partial charge >= 0.3 is 5.97 Å². The highest BCUT2D eigenvalue weighted by atomic mass is 16.6. The molecule has 0 bridgehead atoms. The number of rotatable bonds is 4. The molecule has 0 saturated heterocycles. The molecule has 4 nitrogen and oxygen atoms in total. The molecule has 0 N–H and O–H groups in total. The molecule has 1 aromatic heterocycles. The second kappa shape index (κ2) is 5.49. The number of para-hydroxylation sites is 1. The Labute approximate surface area is 106 Å². The molecular formula is C14H15NO3. The highest BCUT2D eigenvalue weighted by molar-refractivity contribution is 5.85. The molecule has 1 heterocycles. The smallest absolute Gasteiger partial charge is 0.344 e. The lowest BCUT2D eigenvalue weighted by Crippen LogP contribution is -2.14. The predicted molar refractivity (Wildman–Crippen MR) is 68.6 cm³/mol. The van der Waals surface area contributed by atoms with Crippen LogP contribution < -0.4 is 4.74 Å². The van der Waals surface area contributed by atoms with E-state index in [0.717, 1.165) is 16.6 Å². The first-order valence-electron chi connectivity index (χ1n) is 5.85. The van der Waals surface area contributed by atoms with Crippen molar-refractivity contribution in [3.05, 3.63) is 36.0 Å². The molecule has 18 heavy (non-hydrogen) atoms. The molecule has 0 radical (unpaired) electrons. The van der Waals surface area contributed by atoms with Gasteiger partial charge in [-0.05, 0) is 26.0 Å². The second-order valence-electron chi connectivity index (χ2n) is 3.87. The lowest BCUT2D eigenvalue weighted by molar-refractivity contribution is -0.145. The van der Waals surface area contributed by atoms with E-state index < -0.39 is 0 Å². The molecule has 94 valence electrons. The largest absolute Gasteiger partial charge is 0.480 e. The van der Waals surface area contributed by atoms with Gasteiger partial charge in [-0.3, -0.25) is 0 Å². The molecule has 0 amide bonds. The van der Waals surface area contributed by atoms with Gasteiger partial charge in [0.25, 0.3) is 0 Å². The zero-order valence-electron chi connectivity index (χ0n) is 10.5. The van der Waals surface area contributed by atoms with Crippen molar-refractivity contribution in [3.8, 4) is 5.75 Å². The number of pyridine rings is 1. The molecular weight excluding hydrogens is 230 g/mol. The first kappa shape index (κ1) is 12.4. The third-order valence-corrected chi connectivity index (χ3v) is 2.47. The zero-order chi connectivity index (χ0) is 13.0. The summed E-state index contributed by atoms with van der Waals surface area (Å²) in [6, 6.07) is 9.55. The summed E-state index contributed by atoms with van der Waals surface area (Å²) >= 11 is 0. The van der Waals surface area contributed by atoms with Gasteiger partial charge < -0.3 is 9.47 Å². The number of nitrogens with zero attached hydrogens (tertiary/aromatic N) is 1. The molecule has 4 heteroatoms. The Morgan fingerprint density at radius 3 is 2.89 bits per heavy atom. The highest BCUT2D eigenvalue weighted by Crippen LogP contribution is 2.23. The number of aromatic nitrogens is 1. The van der Waals surface area contributed by atoms with Gasteiger partial charge in [-0.15, -0.1) is 0 Å². The van der Waals surface area contributed by atoms with Crippen LogP contribution in [0.2, 0.25) is 0 Å². The minimum absolute atomic E-state index is 0.0947. The Balaban J connectivity index is 2.22. The number of hydrogen-bond acceptors (Lipinski definition) is 4.